The molecule has 3 rings (SSSR count). The van der Waals surface area contributed by atoms with Gasteiger partial charge in [0.05, 0.1) is 0 Å². The molecule has 0 aromatic carbocycles. The van der Waals surface area contributed by atoms with E-state index in [1.54, 1.807) is 0 Å². The minimum Gasteiger partial charge on any atom is -0.368 e. The van der Waals surface area contributed by atoms with E-state index in [1.165, 1.54) is 25.9 Å². The number of ether oxygens (including phenoxy) is 1. The Labute approximate surface area is 157 Å². The van der Waals surface area contributed by atoms with Gasteiger partial charge in [0.1, 0.15) is 6.10 Å². The van der Waals surface area contributed by atoms with E-state index in [2.05, 4.69) is 27.0 Å². The number of likely N-dealkylation sites (tertiary alicyclic amines) is 1. The molecule has 1 amide bonds. The second kappa shape index (κ2) is 9.55. The fourth-order valence-corrected chi connectivity index (χ4v) is 4.06. The normalized spacial score (nSPS) is 26.4. The topological polar surface area (TPSA) is 60.4 Å². The minimum absolute atomic E-state index is 0.171. The van der Waals surface area contributed by atoms with Gasteiger partial charge in [-0.25, -0.2) is 0 Å². The van der Waals surface area contributed by atoms with Crippen LogP contribution in [0, 0.1) is 5.92 Å². The SMILES string of the molecule is CN=C(NCCN1CCC(C)CC1)N1CCN(C(=O)C2CCCO2)CC1. The van der Waals surface area contributed by atoms with Crippen molar-refractivity contribution in [2.24, 2.45) is 10.9 Å². The summed E-state index contributed by atoms with van der Waals surface area (Å²) < 4.78 is 5.54. The molecule has 26 heavy (non-hydrogen) atoms. The first-order valence-corrected chi connectivity index (χ1v) is 10.3. The van der Waals surface area contributed by atoms with Gasteiger partial charge in [-0.2, -0.15) is 0 Å². The summed E-state index contributed by atoms with van der Waals surface area (Å²) in [6.07, 6.45) is 4.30. The number of nitrogens with one attached hydrogen (secondary N) is 1. The molecule has 148 valence electrons. The lowest BCUT2D eigenvalue weighted by Gasteiger charge is -2.37. The molecule has 0 saturated carbocycles. The van der Waals surface area contributed by atoms with E-state index in [4.69, 9.17) is 4.74 Å². The lowest BCUT2D eigenvalue weighted by molar-refractivity contribution is -0.142. The molecular weight excluding hydrogens is 330 g/mol. The highest BCUT2D eigenvalue weighted by molar-refractivity contribution is 5.82. The maximum atomic E-state index is 12.4. The molecule has 3 fully saturated rings. The summed E-state index contributed by atoms with van der Waals surface area (Å²) in [6, 6.07) is 0. The molecule has 1 N–H and O–H groups in total. The summed E-state index contributed by atoms with van der Waals surface area (Å²) in [5.41, 5.74) is 0. The highest BCUT2D eigenvalue weighted by atomic mass is 16.5. The van der Waals surface area contributed by atoms with Gasteiger partial charge in [0.2, 0.25) is 0 Å². The number of guanidine groups is 1. The highest BCUT2D eigenvalue weighted by Crippen LogP contribution is 2.16. The molecule has 3 aliphatic rings. The smallest absolute Gasteiger partial charge is 0.251 e. The van der Waals surface area contributed by atoms with E-state index in [9.17, 15) is 4.79 Å². The summed E-state index contributed by atoms with van der Waals surface area (Å²) in [5.74, 6) is 2.00. The largest absolute Gasteiger partial charge is 0.368 e. The Kier molecular flexibility index (Phi) is 7.14. The number of hydrogen-bond acceptors (Lipinski definition) is 4. The van der Waals surface area contributed by atoms with E-state index in [0.717, 1.165) is 70.6 Å². The number of piperidine rings is 1. The van der Waals surface area contributed by atoms with Crippen molar-refractivity contribution in [1.82, 2.24) is 20.0 Å². The molecule has 7 heteroatoms. The number of nitrogens with zero attached hydrogens (tertiary/aromatic N) is 4. The second-order valence-electron chi connectivity index (χ2n) is 7.81. The number of carbonyl (C=O) groups is 1. The lowest BCUT2D eigenvalue weighted by Crippen LogP contribution is -2.55. The van der Waals surface area contributed by atoms with Crippen LogP contribution in [0.1, 0.15) is 32.6 Å². The zero-order chi connectivity index (χ0) is 18.4. The van der Waals surface area contributed by atoms with Crippen molar-refractivity contribution >= 4 is 11.9 Å². The summed E-state index contributed by atoms with van der Waals surface area (Å²) in [7, 11) is 1.84. The maximum Gasteiger partial charge on any atom is 0.251 e. The monoisotopic (exact) mass is 365 g/mol. The Balaban J connectivity index is 1.37. The predicted molar refractivity (Wildman–Crippen MR) is 103 cm³/mol. The van der Waals surface area contributed by atoms with Crippen LogP contribution in [-0.2, 0) is 9.53 Å². The quantitative estimate of drug-likeness (QED) is 0.585. The van der Waals surface area contributed by atoms with E-state index >= 15 is 0 Å². The molecule has 0 bridgehead atoms. The number of rotatable bonds is 4. The van der Waals surface area contributed by atoms with Crippen molar-refractivity contribution in [2.75, 3.05) is 66.0 Å². The fourth-order valence-electron chi connectivity index (χ4n) is 4.06. The number of carbonyl (C=O) groups excluding carboxylic acids is 1. The molecule has 0 aromatic rings. The van der Waals surface area contributed by atoms with E-state index in [-0.39, 0.29) is 12.0 Å². The van der Waals surface area contributed by atoms with Crippen LogP contribution in [0.15, 0.2) is 4.99 Å². The lowest BCUT2D eigenvalue weighted by atomic mass is 9.99. The van der Waals surface area contributed by atoms with Crippen LogP contribution in [0.2, 0.25) is 0 Å². The molecule has 3 aliphatic heterocycles. The van der Waals surface area contributed by atoms with E-state index in [1.807, 2.05) is 11.9 Å². The van der Waals surface area contributed by atoms with Gasteiger partial charge < -0.3 is 24.8 Å². The molecule has 1 atom stereocenters. The Morgan fingerprint density at radius 3 is 2.38 bits per heavy atom. The van der Waals surface area contributed by atoms with Gasteiger partial charge in [0.25, 0.3) is 5.91 Å². The third-order valence-electron chi connectivity index (χ3n) is 5.90. The molecule has 3 heterocycles. The van der Waals surface area contributed by atoms with E-state index < -0.39 is 0 Å². The standard InChI is InChI=1S/C19H35N5O2/c1-16-5-8-22(9-6-16)10-7-21-19(20-2)24-13-11-23(12-14-24)18(25)17-4-3-15-26-17/h16-17H,3-15H2,1-2H3,(H,20,21). The van der Waals surface area contributed by atoms with Gasteiger partial charge in [-0.05, 0) is 44.7 Å². The maximum absolute atomic E-state index is 12.4. The molecule has 7 nitrogen and oxygen atoms in total. The average molecular weight is 366 g/mol. The van der Waals surface area contributed by atoms with Crippen molar-refractivity contribution in [2.45, 2.75) is 38.7 Å². The van der Waals surface area contributed by atoms with Crippen LogP contribution in [0.25, 0.3) is 0 Å². The Morgan fingerprint density at radius 1 is 1.08 bits per heavy atom. The average Bonchev–Trinajstić information content (AvgIpc) is 3.21. The fraction of sp³-hybridized carbons (Fsp3) is 0.895. The van der Waals surface area contributed by atoms with Crippen LogP contribution >= 0.6 is 0 Å². The third kappa shape index (κ3) is 5.10. The zero-order valence-corrected chi connectivity index (χ0v) is 16.5. The third-order valence-corrected chi connectivity index (χ3v) is 5.90. The van der Waals surface area contributed by atoms with Crippen molar-refractivity contribution in [3.63, 3.8) is 0 Å². The van der Waals surface area contributed by atoms with Gasteiger partial charge in [0.15, 0.2) is 5.96 Å². The van der Waals surface area contributed by atoms with Crippen LogP contribution < -0.4 is 5.32 Å². The highest BCUT2D eigenvalue weighted by Gasteiger charge is 2.30. The minimum atomic E-state index is -0.203. The van der Waals surface area contributed by atoms with Gasteiger partial charge >= 0.3 is 0 Å². The number of amides is 1. The number of aliphatic imine (C=N–C) groups is 1. The first kappa shape index (κ1) is 19.4. The van der Waals surface area contributed by atoms with Crippen molar-refractivity contribution in [1.29, 1.82) is 0 Å². The van der Waals surface area contributed by atoms with Gasteiger partial charge in [-0.3, -0.25) is 9.79 Å². The molecule has 0 aromatic heterocycles. The number of piperazine rings is 1. The van der Waals surface area contributed by atoms with Crippen LogP contribution in [0.3, 0.4) is 0 Å². The Bertz CT molecular complexity index is 476. The summed E-state index contributed by atoms with van der Waals surface area (Å²) >= 11 is 0. The molecule has 3 saturated heterocycles. The first-order chi connectivity index (χ1) is 12.7. The van der Waals surface area contributed by atoms with Crippen LogP contribution in [-0.4, -0.2) is 98.7 Å². The summed E-state index contributed by atoms with van der Waals surface area (Å²) in [4.78, 5) is 23.6. The first-order valence-electron chi connectivity index (χ1n) is 10.3. The van der Waals surface area contributed by atoms with E-state index in [0.29, 0.717) is 0 Å². The number of hydrogen-bond donors (Lipinski definition) is 1. The summed E-state index contributed by atoms with van der Waals surface area (Å²) in [6.45, 7) is 10.7. The second-order valence-corrected chi connectivity index (χ2v) is 7.81. The van der Waals surface area contributed by atoms with Gasteiger partial charge in [-0.15, -0.1) is 0 Å². The van der Waals surface area contributed by atoms with Gasteiger partial charge in [0, 0.05) is 52.9 Å². The van der Waals surface area contributed by atoms with Crippen molar-refractivity contribution in [3.8, 4) is 0 Å². The zero-order valence-electron chi connectivity index (χ0n) is 16.5. The van der Waals surface area contributed by atoms with Crippen LogP contribution in [0.5, 0.6) is 0 Å². The molecule has 0 aliphatic carbocycles. The van der Waals surface area contributed by atoms with Crippen molar-refractivity contribution in [3.05, 3.63) is 0 Å². The molecule has 0 spiro atoms. The van der Waals surface area contributed by atoms with Gasteiger partial charge in [-0.1, -0.05) is 6.92 Å². The Morgan fingerprint density at radius 2 is 1.77 bits per heavy atom. The Hall–Kier alpha value is -1.34. The predicted octanol–water partition coefficient (Wildman–Crippen LogP) is 0.617. The molecule has 0 radical (unpaired) electrons. The van der Waals surface area contributed by atoms with Crippen LogP contribution in [0.4, 0.5) is 0 Å². The summed E-state index contributed by atoms with van der Waals surface area (Å²) in [5, 5.41) is 3.50. The molecule has 1 unspecified atom stereocenters. The van der Waals surface area contributed by atoms with Crippen molar-refractivity contribution < 1.29 is 9.53 Å². The molecular formula is C19H35N5O2.